The second-order valence-electron chi connectivity index (χ2n) is 6.42. The van der Waals surface area contributed by atoms with Gasteiger partial charge in [0.2, 0.25) is 0 Å². The summed E-state index contributed by atoms with van der Waals surface area (Å²) in [5, 5.41) is 17.7. The van der Waals surface area contributed by atoms with Crippen molar-refractivity contribution in [3.63, 3.8) is 0 Å². The molecular weight excluding hydrogens is 418 g/mol. The lowest BCUT2D eigenvalue weighted by Crippen LogP contribution is -2.39. The van der Waals surface area contributed by atoms with E-state index >= 15 is 0 Å². The minimum Gasteiger partial charge on any atom is -0.504 e. The average Bonchev–Trinajstić information content (AvgIpc) is 3.00. The van der Waals surface area contributed by atoms with Gasteiger partial charge in [-0.2, -0.15) is 0 Å². The van der Waals surface area contributed by atoms with Crippen LogP contribution in [0.1, 0.15) is 39.5 Å². The first-order chi connectivity index (χ1) is 12.5. The van der Waals surface area contributed by atoms with E-state index in [0.29, 0.717) is 11.3 Å². The summed E-state index contributed by atoms with van der Waals surface area (Å²) in [6.45, 7) is 5.03. The van der Waals surface area contributed by atoms with Crippen molar-refractivity contribution in [2.75, 3.05) is 25.5 Å². The monoisotopic (exact) mass is 437 g/mol. The Labute approximate surface area is 164 Å². The topological polar surface area (TPSA) is 73.8 Å². The van der Waals surface area contributed by atoms with Crippen LogP contribution in [0.3, 0.4) is 0 Å². The van der Waals surface area contributed by atoms with Gasteiger partial charge >= 0.3 is 0 Å². The van der Waals surface area contributed by atoms with Gasteiger partial charge in [-0.05, 0) is 30.7 Å². The number of phenolic OH excluding ortho intramolecular Hbond substituents is 1. The molecular formula is C18H20BrN3O3S. The zero-order chi connectivity index (χ0) is 18.4. The van der Waals surface area contributed by atoms with Gasteiger partial charge < -0.3 is 20.5 Å². The molecule has 0 bridgehead atoms. The summed E-state index contributed by atoms with van der Waals surface area (Å²) in [4.78, 5) is 16.5. The zero-order valence-electron chi connectivity index (χ0n) is 14.6. The van der Waals surface area contributed by atoms with Crippen LogP contribution in [0, 0.1) is 0 Å². The van der Waals surface area contributed by atoms with Crippen molar-refractivity contribution in [1.82, 2.24) is 10.2 Å². The maximum Gasteiger partial charge on any atom is 0.256 e. The second kappa shape index (κ2) is 6.75. The summed E-state index contributed by atoms with van der Waals surface area (Å²) in [7, 11) is 1.50. The number of phenols is 1. The summed E-state index contributed by atoms with van der Waals surface area (Å²) in [6, 6.07) is 3.48. The highest BCUT2D eigenvalue weighted by molar-refractivity contribution is 9.10. The number of hydrogen-bond donors (Lipinski definition) is 3. The number of fused-ring (bicyclic) bond motifs is 3. The highest BCUT2D eigenvalue weighted by Gasteiger charge is 2.34. The third-order valence-electron chi connectivity index (χ3n) is 4.96. The first-order valence-electron chi connectivity index (χ1n) is 8.52. The first-order valence-corrected chi connectivity index (χ1v) is 10.1. The van der Waals surface area contributed by atoms with Crippen molar-refractivity contribution in [2.45, 2.75) is 26.1 Å². The van der Waals surface area contributed by atoms with Crippen LogP contribution in [-0.2, 0) is 13.0 Å². The van der Waals surface area contributed by atoms with Crippen LogP contribution in [0.5, 0.6) is 11.5 Å². The molecule has 3 heterocycles. The Balaban J connectivity index is 1.71. The number of aromatic hydroxyl groups is 1. The molecule has 0 radical (unpaired) electrons. The van der Waals surface area contributed by atoms with E-state index in [2.05, 4.69) is 38.4 Å². The number of likely N-dealkylation sites (N-methyl/N-ethyl adjacent to an activating group) is 1. The van der Waals surface area contributed by atoms with Crippen LogP contribution in [-0.4, -0.2) is 36.1 Å². The van der Waals surface area contributed by atoms with E-state index in [9.17, 15) is 9.90 Å². The zero-order valence-corrected chi connectivity index (χ0v) is 17.0. The second-order valence-corrected chi connectivity index (χ2v) is 8.44. The number of anilines is 1. The molecule has 1 atom stereocenters. The van der Waals surface area contributed by atoms with Gasteiger partial charge in [0.25, 0.3) is 5.91 Å². The van der Waals surface area contributed by atoms with Crippen molar-refractivity contribution in [3.05, 3.63) is 38.2 Å². The third-order valence-corrected chi connectivity index (χ3v) is 6.57. The molecule has 138 valence electrons. The van der Waals surface area contributed by atoms with Gasteiger partial charge in [-0.3, -0.25) is 9.69 Å². The molecule has 1 aromatic carbocycles. The molecule has 6 nitrogen and oxygen atoms in total. The predicted molar refractivity (Wildman–Crippen MR) is 105 cm³/mol. The number of halogens is 1. The van der Waals surface area contributed by atoms with Gasteiger partial charge in [-0.25, -0.2) is 0 Å². The molecule has 8 heteroatoms. The smallest absolute Gasteiger partial charge is 0.256 e. The van der Waals surface area contributed by atoms with Crippen LogP contribution in [0.2, 0.25) is 0 Å². The van der Waals surface area contributed by atoms with E-state index in [0.717, 1.165) is 46.7 Å². The standard InChI is InChI=1S/C18H20BrN3O3S/c1-3-22-5-4-10-13(8-22)26-18-14(10)17(24)20-16(21-18)11-6-9(19)7-12(25-2)15(11)23/h6-7,16,21,23H,3-5,8H2,1-2H3,(H,20,24). The van der Waals surface area contributed by atoms with Gasteiger partial charge in [0.05, 0.1) is 12.7 Å². The number of methoxy groups -OCH3 is 1. The quantitative estimate of drug-likeness (QED) is 0.685. The molecule has 0 fully saturated rings. The van der Waals surface area contributed by atoms with Crippen molar-refractivity contribution in [1.29, 1.82) is 0 Å². The lowest BCUT2D eigenvalue weighted by Gasteiger charge is -2.28. The molecule has 3 N–H and O–H groups in total. The van der Waals surface area contributed by atoms with Gasteiger partial charge in [-0.1, -0.05) is 22.9 Å². The van der Waals surface area contributed by atoms with Crippen molar-refractivity contribution >= 4 is 38.2 Å². The molecule has 2 aliphatic heterocycles. The number of nitrogens with one attached hydrogen (secondary N) is 2. The van der Waals surface area contributed by atoms with Gasteiger partial charge in [0.15, 0.2) is 11.5 Å². The fourth-order valence-electron chi connectivity index (χ4n) is 3.56. The Morgan fingerprint density at radius 3 is 2.96 bits per heavy atom. The van der Waals surface area contributed by atoms with Crippen LogP contribution in [0.25, 0.3) is 0 Å². The Bertz CT molecular complexity index is 883. The van der Waals surface area contributed by atoms with Crippen LogP contribution in [0.15, 0.2) is 16.6 Å². The van der Waals surface area contributed by atoms with Gasteiger partial charge in [0.1, 0.15) is 11.2 Å². The Morgan fingerprint density at radius 1 is 1.42 bits per heavy atom. The number of rotatable bonds is 3. The SMILES string of the molecule is CCN1CCc2c(sc3c2C(=O)NC(c2cc(Br)cc(OC)c2O)N3)C1. The molecule has 0 saturated carbocycles. The van der Waals surface area contributed by atoms with Crippen LogP contribution in [0.4, 0.5) is 5.00 Å². The fraction of sp³-hybridized carbons (Fsp3) is 0.389. The van der Waals surface area contributed by atoms with E-state index in [-0.39, 0.29) is 11.7 Å². The van der Waals surface area contributed by atoms with E-state index in [1.165, 1.54) is 12.0 Å². The summed E-state index contributed by atoms with van der Waals surface area (Å²) in [6.07, 6.45) is 0.383. The molecule has 1 unspecified atom stereocenters. The van der Waals surface area contributed by atoms with Crippen molar-refractivity contribution in [2.24, 2.45) is 0 Å². The van der Waals surface area contributed by atoms with E-state index in [1.807, 2.05) is 0 Å². The molecule has 0 spiro atoms. The molecule has 1 aromatic heterocycles. The molecule has 26 heavy (non-hydrogen) atoms. The summed E-state index contributed by atoms with van der Waals surface area (Å²) >= 11 is 5.07. The number of carbonyl (C=O) groups is 1. The normalized spacial score (nSPS) is 19.3. The van der Waals surface area contributed by atoms with E-state index in [4.69, 9.17) is 4.74 Å². The van der Waals surface area contributed by atoms with E-state index in [1.54, 1.807) is 23.5 Å². The Morgan fingerprint density at radius 2 is 2.23 bits per heavy atom. The van der Waals surface area contributed by atoms with Crippen molar-refractivity contribution < 1.29 is 14.6 Å². The number of thiophene rings is 1. The largest absolute Gasteiger partial charge is 0.504 e. The molecule has 2 aromatic rings. The lowest BCUT2D eigenvalue weighted by molar-refractivity contribution is 0.0934. The maximum absolute atomic E-state index is 12.8. The number of benzene rings is 1. The molecule has 0 aliphatic carbocycles. The highest BCUT2D eigenvalue weighted by atomic mass is 79.9. The van der Waals surface area contributed by atoms with Crippen LogP contribution >= 0.6 is 27.3 Å². The molecule has 0 saturated heterocycles. The maximum atomic E-state index is 12.8. The molecule has 4 rings (SSSR count). The third kappa shape index (κ3) is 2.86. The lowest BCUT2D eigenvalue weighted by atomic mass is 10.00. The summed E-state index contributed by atoms with van der Waals surface area (Å²) < 4.78 is 5.99. The number of ether oxygens (including phenoxy) is 1. The fourth-order valence-corrected chi connectivity index (χ4v) is 5.33. The van der Waals surface area contributed by atoms with E-state index < -0.39 is 6.17 Å². The number of amides is 1. The Hall–Kier alpha value is -1.77. The molecule has 1 amide bonds. The van der Waals surface area contributed by atoms with Crippen LogP contribution < -0.4 is 15.4 Å². The first kappa shape index (κ1) is 17.6. The average molecular weight is 438 g/mol. The number of nitrogens with zero attached hydrogens (tertiary/aromatic N) is 1. The van der Waals surface area contributed by atoms with Gasteiger partial charge in [-0.15, -0.1) is 11.3 Å². The summed E-state index contributed by atoms with van der Waals surface area (Å²) in [5.74, 6) is 0.292. The summed E-state index contributed by atoms with van der Waals surface area (Å²) in [5.41, 5.74) is 2.49. The Kier molecular flexibility index (Phi) is 4.58. The van der Waals surface area contributed by atoms with Gasteiger partial charge in [0, 0.05) is 28.0 Å². The number of hydrogen-bond acceptors (Lipinski definition) is 6. The minimum absolute atomic E-state index is 0.0235. The molecule has 2 aliphatic rings. The van der Waals surface area contributed by atoms with Crippen molar-refractivity contribution in [3.8, 4) is 11.5 Å². The number of carbonyl (C=O) groups excluding carboxylic acids is 1. The predicted octanol–water partition coefficient (Wildman–Crippen LogP) is 3.46. The highest BCUT2D eigenvalue weighted by Crippen LogP contribution is 2.43. The minimum atomic E-state index is -0.510.